The number of urea groups is 1. The van der Waals surface area contributed by atoms with Crippen LogP contribution < -0.4 is 5.32 Å². The van der Waals surface area contributed by atoms with E-state index >= 15 is 0 Å². The Labute approximate surface area is 152 Å². The molecule has 0 unspecified atom stereocenters. The van der Waals surface area contributed by atoms with E-state index < -0.39 is 5.60 Å². The van der Waals surface area contributed by atoms with Crippen molar-refractivity contribution in [2.45, 2.75) is 24.5 Å². The molecule has 4 atom stereocenters. The molecule has 0 spiro atoms. The maximum Gasteiger partial charge on any atom is 0.322 e. The lowest BCUT2D eigenvalue weighted by atomic mass is 9.66. The molecule has 0 radical (unpaired) electrons. The average molecular weight is 357 g/mol. The Bertz CT molecular complexity index is 734. The molecular weight excluding hydrogens is 334 g/mol. The first-order valence-corrected chi connectivity index (χ1v) is 9.07. The van der Waals surface area contributed by atoms with E-state index in [1.807, 2.05) is 4.90 Å². The van der Waals surface area contributed by atoms with Crippen molar-refractivity contribution in [3.63, 3.8) is 0 Å². The molecule has 1 aromatic rings. The molecule has 0 aromatic heterocycles. The largest absolute Gasteiger partial charge is 0.389 e. The SMILES string of the molecule is N#Cc1cccc(NC(=O)N2C[C@@H]3COCC[C@]3(O)[C@H]3COCC[C@H]32)c1. The van der Waals surface area contributed by atoms with Crippen LogP contribution in [0.2, 0.25) is 0 Å². The van der Waals surface area contributed by atoms with Gasteiger partial charge in [0.05, 0.1) is 30.4 Å². The fourth-order valence-electron chi connectivity index (χ4n) is 4.55. The Morgan fingerprint density at radius 1 is 1.35 bits per heavy atom. The highest BCUT2D eigenvalue weighted by Crippen LogP contribution is 2.44. The molecule has 138 valence electrons. The van der Waals surface area contributed by atoms with Crippen molar-refractivity contribution in [3.05, 3.63) is 29.8 Å². The summed E-state index contributed by atoms with van der Waals surface area (Å²) in [6, 6.07) is 8.69. The number of carbonyl (C=O) groups excluding carboxylic acids is 1. The van der Waals surface area contributed by atoms with Gasteiger partial charge in [-0.2, -0.15) is 5.26 Å². The predicted molar refractivity (Wildman–Crippen MR) is 93.5 cm³/mol. The summed E-state index contributed by atoms with van der Waals surface area (Å²) in [6.07, 6.45) is 1.30. The number of benzene rings is 1. The van der Waals surface area contributed by atoms with Gasteiger partial charge >= 0.3 is 6.03 Å². The first-order valence-electron chi connectivity index (χ1n) is 9.07. The quantitative estimate of drug-likeness (QED) is 0.796. The molecule has 7 heteroatoms. The summed E-state index contributed by atoms with van der Waals surface area (Å²) in [5.74, 6) is -0.217. The zero-order valence-corrected chi connectivity index (χ0v) is 14.6. The van der Waals surface area contributed by atoms with Crippen LogP contribution >= 0.6 is 0 Å². The summed E-state index contributed by atoms with van der Waals surface area (Å²) in [5, 5.41) is 23.2. The van der Waals surface area contributed by atoms with Crippen LogP contribution in [-0.2, 0) is 9.47 Å². The number of aliphatic hydroxyl groups is 1. The smallest absolute Gasteiger partial charge is 0.322 e. The van der Waals surface area contributed by atoms with Gasteiger partial charge in [0, 0.05) is 49.7 Å². The van der Waals surface area contributed by atoms with E-state index in [9.17, 15) is 9.90 Å². The number of anilines is 1. The Hall–Kier alpha value is -2.14. The topological polar surface area (TPSA) is 94.8 Å². The number of rotatable bonds is 1. The van der Waals surface area contributed by atoms with Crippen LogP contribution in [0.25, 0.3) is 0 Å². The van der Waals surface area contributed by atoms with E-state index in [-0.39, 0.29) is 23.9 Å². The fourth-order valence-corrected chi connectivity index (χ4v) is 4.55. The third kappa shape index (κ3) is 2.94. The molecule has 7 nitrogen and oxygen atoms in total. The molecule has 3 fully saturated rings. The number of fused-ring (bicyclic) bond motifs is 3. The number of carbonyl (C=O) groups is 1. The summed E-state index contributed by atoms with van der Waals surface area (Å²) in [4.78, 5) is 14.8. The van der Waals surface area contributed by atoms with Crippen LogP contribution in [-0.4, -0.2) is 60.7 Å². The Morgan fingerprint density at radius 2 is 2.19 bits per heavy atom. The van der Waals surface area contributed by atoms with Crippen molar-refractivity contribution in [1.82, 2.24) is 4.90 Å². The molecule has 3 heterocycles. The molecule has 26 heavy (non-hydrogen) atoms. The van der Waals surface area contributed by atoms with Crippen LogP contribution in [0.3, 0.4) is 0 Å². The zero-order valence-electron chi connectivity index (χ0n) is 14.6. The van der Waals surface area contributed by atoms with Crippen LogP contribution in [0.15, 0.2) is 24.3 Å². The van der Waals surface area contributed by atoms with Crippen molar-refractivity contribution in [3.8, 4) is 6.07 Å². The standard InChI is InChI=1S/C19H23N3O4/c20-9-13-2-1-3-15(8-13)21-18(23)22-10-14-11-26-7-5-19(14,24)16-12-25-6-4-17(16)22/h1-3,8,14,16-17,24H,4-7,10-12H2,(H,21,23)/t14-,16+,17-,19-/m1/s1. The van der Waals surface area contributed by atoms with Gasteiger partial charge in [0.15, 0.2) is 0 Å². The van der Waals surface area contributed by atoms with Crippen LogP contribution in [0.5, 0.6) is 0 Å². The minimum Gasteiger partial charge on any atom is -0.389 e. The third-order valence-corrected chi connectivity index (χ3v) is 5.96. The first-order chi connectivity index (χ1) is 12.6. The van der Waals surface area contributed by atoms with E-state index in [1.165, 1.54) is 0 Å². The lowest BCUT2D eigenvalue weighted by Gasteiger charge is -2.56. The van der Waals surface area contributed by atoms with Gasteiger partial charge in [-0.05, 0) is 24.6 Å². The highest BCUT2D eigenvalue weighted by Gasteiger charge is 2.56. The summed E-state index contributed by atoms with van der Waals surface area (Å²) in [5.41, 5.74) is 0.264. The summed E-state index contributed by atoms with van der Waals surface area (Å²) < 4.78 is 11.2. The molecule has 3 saturated heterocycles. The maximum absolute atomic E-state index is 13.0. The van der Waals surface area contributed by atoms with Gasteiger partial charge in [-0.1, -0.05) is 6.07 Å². The number of amides is 2. The average Bonchev–Trinajstić information content (AvgIpc) is 2.67. The number of likely N-dealkylation sites (tertiary alicyclic amines) is 1. The lowest BCUT2D eigenvalue weighted by Crippen LogP contribution is -2.69. The third-order valence-electron chi connectivity index (χ3n) is 5.96. The second kappa shape index (κ2) is 6.88. The van der Waals surface area contributed by atoms with Gasteiger partial charge in [0.25, 0.3) is 0 Å². The van der Waals surface area contributed by atoms with E-state index in [1.54, 1.807) is 24.3 Å². The van der Waals surface area contributed by atoms with Crippen molar-refractivity contribution in [2.24, 2.45) is 11.8 Å². The molecule has 0 aliphatic carbocycles. The minimum absolute atomic E-state index is 0.0535. The van der Waals surface area contributed by atoms with Crippen molar-refractivity contribution >= 4 is 11.7 Å². The number of nitrogens with zero attached hydrogens (tertiary/aromatic N) is 2. The number of nitriles is 1. The molecule has 3 aliphatic heterocycles. The maximum atomic E-state index is 13.0. The Balaban J connectivity index is 1.56. The first kappa shape index (κ1) is 17.3. The molecule has 4 rings (SSSR count). The van der Waals surface area contributed by atoms with Gasteiger partial charge in [0.2, 0.25) is 0 Å². The number of hydrogen-bond donors (Lipinski definition) is 2. The van der Waals surface area contributed by atoms with Gasteiger partial charge < -0.3 is 24.8 Å². The normalized spacial score (nSPS) is 33.5. The molecule has 0 bridgehead atoms. The molecule has 1 aromatic carbocycles. The molecule has 3 aliphatic rings. The molecule has 2 amide bonds. The molecular formula is C19H23N3O4. The predicted octanol–water partition coefficient (Wildman–Crippen LogP) is 1.58. The highest BCUT2D eigenvalue weighted by molar-refractivity contribution is 5.90. The summed E-state index contributed by atoms with van der Waals surface area (Å²) in [7, 11) is 0. The fraction of sp³-hybridized carbons (Fsp3) is 0.579. The summed E-state index contributed by atoms with van der Waals surface area (Å²) in [6.45, 7) is 2.51. The number of hydrogen-bond acceptors (Lipinski definition) is 5. The highest BCUT2D eigenvalue weighted by atomic mass is 16.5. The van der Waals surface area contributed by atoms with E-state index in [0.29, 0.717) is 57.1 Å². The number of piperidine rings is 1. The monoisotopic (exact) mass is 357 g/mol. The number of ether oxygens (including phenoxy) is 2. The molecule has 2 N–H and O–H groups in total. The van der Waals surface area contributed by atoms with Gasteiger partial charge in [0.1, 0.15) is 0 Å². The summed E-state index contributed by atoms with van der Waals surface area (Å²) >= 11 is 0. The van der Waals surface area contributed by atoms with E-state index in [4.69, 9.17) is 14.7 Å². The Kier molecular flexibility index (Phi) is 4.57. The molecule has 0 saturated carbocycles. The van der Waals surface area contributed by atoms with Gasteiger partial charge in [-0.3, -0.25) is 0 Å². The lowest BCUT2D eigenvalue weighted by molar-refractivity contribution is -0.211. The number of nitrogens with one attached hydrogen (secondary N) is 1. The van der Waals surface area contributed by atoms with Gasteiger partial charge in [-0.25, -0.2) is 4.79 Å². The minimum atomic E-state index is -0.832. The van der Waals surface area contributed by atoms with Crippen LogP contribution in [0.4, 0.5) is 10.5 Å². The van der Waals surface area contributed by atoms with Gasteiger partial charge in [-0.15, -0.1) is 0 Å². The Morgan fingerprint density at radius 3 is 3.04 bits per heavy atom. The second-order valence-electron chi connectivity index (χ2n) is 7.33. The second-order valence-corrected chi connectivity index (χ2v) is 7.33. The van der Waals surface area contributed by atoms with Crippen LogP contribution in [0.1, 0.15) is 18.4 Å². The van der Waals surface area contributed by atoms with E-state index in [0.717, 1.165) is 0 Å². The van der Waals surface area contributed by atoms with Crippen molar-refractivity contribution in [1.29, 1.82) is 5.26 Å². The van der Waals surface area contributed by atoms with Crippen molar-refractivity contribution < 1.29 is 19.4 Å². The van der Waals surface area contributed by atoms with Crippen molar-refractivity contribution in [2.75, 3.05) is 38.3 Å². The van der Waals surface area contributed by atoms with E-state index in [2.05, 4.69) is 11.4 Å². The zero-order chi connectivity index (χ0) is 18.1. The van der Waals surface area contributed by atoms with Crippen LogP contribution in [0, 0.1) is 23.2 Å².